The van der Waals surface area contributed by atoms with Gasteiger partial charge in [0.2, 0.25) is 0 Å². The third-order valence-electron chi connectivity index (χ3n) is 1.45. The molecule has 0 aliphatic carbocycles. The summed E-state index contributed by atoms with van der Waals surface area (Å²) < 4.78 is 109. The van der Waals surface area contributed by atoms with Crippen LogP contribution in [0.5, 0.6) is 0 Å². The summed E-state index contributed by atoms with van der Waals surface area (Å²) in [6, 6.07) is 0. The zero-order chi connectivity index (χ0) is 15.9. The molecule has 0 amide bonds. The van der Waals surface area contributed by atoms with Crippen molar-refractivity contribution in [3.63, 3.8) is 0 Å². The molecule has 0 rings (SSSR count). The lowest BCUT2D eigenvalue weighted by atomic mass is 10.2. The lowest BCUT2D eigenvalue weighted by molar-refractivity contribution is -0.457. The first-order chi connectivity index (χ1) is 8.06. The number of hydrogen-bond donors (Lipinski definition) is 1. The smallest absolute Gasteiger partial charge is 0.475 e. The van der Waals surface area contributed by atoms with Crippen LogP contribution in [-0.2, 0) is 14.3 Å². The Hall–Kier alpha value is -1.53. The molecule has 112 valence electrons. The normalized spacial score (nSPS) is 16.9. The van der Waals surface area contributed by atoms with Crippen molar-refractivity contribution >= 4 is 11.8 Å². The first-order valence-electron chi connectivity index (χ1n) is 3.74. The largest absolute Gasteiger partial charge is 0.483 e. The van der Waals surface area contributed by atoms with Gasteiger partial charge in [-0.05, 0) is 0 Å². The Kier molecular flexibility index (Phi) is 4.17. The molecule has 0 spiro atoms. The summed E-state index contributed by atoms with van der Waals surface area (Å²) in [4.78, 5) is 20.1. The Morgan fingerprint density at radius 1 is 0.789 bits per heavy atom. The zero-order valence-corrected chi connectivity index (χ0v) is 8.07. The highest BCUT2D eigenvalue weighted by molar-refractivity contribution is 6.35. The molecule has 19 heavy (non-hydrogen) atoms. The van der Waals surface area contributed by atoms with Crippen molar-refractivity contribution in [3.05, 3.63) is 0 Å². The van der Waals surface area contributed by atoms with E-state index in [1.807, 2.05) is 0 Å². The third kappa shape index (κ3) is 3.27. The maximum atomic E-state index is 12.9. The predicted molar refractivity (Wildman–Crippen MR) is 34.6 cm³/mol. The van der Waals surface area contributed by atoms with E-state index in [0.717, 1.165) is 0 Å². The summed E-state index contributed by atoms with van der Waals surface area (Å²) in [5, 5.41) is 7.78. The van der Waals surface area contributed by atoms with Gasteiger partial charge in [-0.1, -0.05) is 0 Å². The molecule has 0 saturated carbocycles. The number of halogens is 9. The van der Waals surface area contributed by atoms with Crippen molar-refractivity contribution < 1.29 is 58.9 Å². The molecule has 0 aromatic carbocycles. The highest BCUT2D eigenvalue weighted by atomic mass is 19.4. The monoisotopic (exact) mass is 308 g/mol. The van der Waals surface area contributed by atoms with E-state index in [1.54, 1.807) is 4.74 Å². The second kappa shape index (κ2) is 4.54. The fourth-order valence-electron chi connectivity index (χ4n) is 0.605. The predicted octanol–water partition coefficient (Wildman–Crippen LogP) is 2.04. The summed E-state index contributed by atoms with van der Waals surface area (Å²) in [6.45, 7) is 0. The minimum Gasteiger partial charge on any atom is -0.475 e. The maximum absolute atomic E-state index is 12.9. The van der Waals surface area contributed by atoms with E-state index in [2.05, 4.69) is 0 Å². The van der Waals surface area contributed by atoms with Gasteiger partial charge >= 0.3 is 36.1 Å². The number of rotatable bonds is 4. The van der Waals surface area contributed by atoms with Crippen molar-refractivity contribution in [3.8, 4) is 0 Å². The molecule has 1 N–H and O–H groups in total. The van der Waals surface area contributed by atoms with Crippen LogP contribution in [0.4, 0.5) is 39.5 Å². The molecule has 0 aromatic heterocycles. The Morgan fingerprint density at radius 2 is 1.16 bits per heavy atom. The molecule has 0 aliphatic heterocycles. The molecule has 0 radical (unpaired) electrons. The van der Waals surface area contributed by atoms with Crippen molar-refractivity contribution in [2.45, 2.75) is 24.3 Å². The standard InChI is InChI=1S/C6HF9O4/c7-3(4(8,9)10,1(16)2(17)18)19-6(14,15)5(11,12)13/h(H,17,18). The van der Waals surface area contributed by atoms with Crippen molar-refractivity contribution in [1.82, 2.24) is 0 Å². The van der Waals surface area contributed by atoms with Crippen molar-refractivity contribution in [1.29, 1.82) is 0 Å². The number of ether oxygens (including phenoxy) is 1. The molecule has 0 aromatic rings. The highest BCUT2D eigenvalue weighted by Gasteiger charge is 2.74. The molecule has 0 aliphatic rings. The fraction of sp³-hybridized carbons (Fsp3) is 0.667. The van der Waals surface area contributed by atoms with E-state index in [4.69, 9.17) is 5.11 Å². The Morgan fingerprint density at radius 3 is 1.37 bits per heavy atom. The van der Waals surface area contributed by atoms with Crippen LogP contribution in [0, 0.1) is 0 Å². The van der Waals surface area contributed by atoms with Gasteiger partial charge < -0.3 is 5.11 Å². The molecular formula is C6HF9O4. The second-order valence-corrected chi connectivity index (χ2v) is 2.84. The summed E-state index contributed by atoms with van der Waals surface area (Å²) in [5.74, 6) is -13.3. The summed E-state index contributed by atoms with van der Waals surface area (Å²) in [5.41, 5.74) is 0. The average Bonchev–Trinajstić information content (AvgIpc) is 2.11. The molecule has 0 fully saturated rings. The lowest BCUT2D eigenvalue weighted by Gasteiger charge is -2.29. The number of hydrogen-bond acceptors (Lipinski definition) is 3. The summed E-state index contributed by atoms with van der Waals surface area (Å²) >= 11 is 0. The third-order valence-corrected chi connectivity index (χ3v) is 1.45. The van der Waals surface area contributed by atoms with Crippen LogP contribution < -0.4 is 0 Å². The fourth-order valence-corrected chi connectivity index (χ4v) is 0.605. The minimum absolute atomic E-state index is 1.80. The molecule has 13 heteroatoms. The van der Waals surface area contributed by atoms with Crippen LogP contribution >= 0.6 is 0 Å². The summed E-state index contributed by atoms with van der Waals surface area (Å²) in [6.07, 6.45) is -20.3. The van der Waals surface area contributed by atoms with Gasteiger partial charge in [0.15, 0.2) is 0 Å². The van der Waals surface area contributed by atoms with Crippen molar-refractivity contribution in [2.75, 3.05) is 0 Å². The average molecular weight is 308 g/mol. The number of carbonyl (C=O) groups is 2. The van der Waals surface area contributed by atoms with Crippen LogP contribution in [0.1, 0.15) is 0 Å². The first-order valence-corrected chi connectivity index (χ1v) is 3.74. The number of carbonyl (C=O) groups excluding carboxylic acids is 1. The topological polar surface area (TPSA) is 63.6 Å². The Labute approximate surface area is 96.3 Å². The van der Waals surface area contributed by atoms with Crippen LogP contribution in [0.3, 0.4) is 0 Å². The molecule has 1 unspecified atom stereocenters. The van der Waals surface area contributed by atoms with Crippen LogP contribution in [0.15, 0.2) is 0 Å². The number of aliphatic carboxylic acids is 1. The number of alkyl halides is 9. The minimum atomic E-state index is -6.80. The van der Waals surface area contributed by atoms with Crippen molar-refractivity contribution in [2.24, 2.45) is 0 Å². The van der Waals surface area contributed by atoms with Gasteiger partial charge in [0.1, 0.15) is 0 Å². The van der Waals surface area contributed by atoms with E-state index < -0.39 is 36.1 Å². The van der Waals surface area contributed by atoms with Crippen LogP contribution in [0.2, 0.25) is 0 Å². The van der Waals surface area contributed by atoms with Crippen LogP contribution in [0.25, 0.3) is 0 Å². The molecular weight excluding hydrogens is 307 g/mol. The quantitative estimate of drug-likeness (QED) is 0.638. The maximum Gasteiger partial charge on any atom is 0.483 e. The second-order valence-electron chi connectivity index (χ2n) is 2.84. The van der Waals surface area contributed by atoms with Gasteiger partial charge in [-0.2, -0.15) is 39.5 Å². The van der Waals surface area contributed by atoms with Gasteiger partial charge in [-0.25, -0.2) is 4.79 Å². The molecule has 1 atom stereocenters. The number of Topliss-reactive ketones (excluding diaryl/α,β-unsaturated/α-hetero) is 1. The summed E-state index contributed by atoms with van der Waals surface area (Å²) in [7, 11) is 0. The highest BCUT2D eigenvalue weighted by Crippen LogP contribution is 2.45. The van der Waals surface area contributed by atoms with Gasteiger partial charge in [-0.3, -0.25) is 9.53 Å². The Bertz CT molecular complexity index is 383. The lowest BCUT2D eigenvalue weighted by Crippen LogP contribution is -2.59. The molecule has 4 nitrogen and oxygen atoms in total. The molecule has 0 heterocycles. The van der Waals surface area contributed by atoms with E-state index in [1.165, 1.54) is 0 Å². The van der Waals surface area contributed by atoms with Gasteiger partial charge in [0.25, 0.3) is 0 Å². The number of ketones is 1. The Balaban J connectivity index is 5.70. The van der Waals surface area contributed by atoms with E-state index >= 15 is 0 Å². The zero-order valence-electron chi connectivity index (χ0n) is 8.07. The molecule has 0 bridgehead atoms. The van der Waals surface area contributed by atoms with E-state index in [-0.39, 0.29) is 0 Å². The van der Waals surface area contributed by atoms with Gasteiger partial charge in [0, 0.05) is 0 Å². The van der Waals surface area contributed by atoms with Gasteiger partial charge in [-0.15, -0.1) is 0 Å². The number of carboxylic acids is 1. The van der Waals surface area contributed by atoms with Crippen LogP contribution in [-0.4, -0.2) is 41.2 Å². The number of carboxylic acid groups (broad SMARTS) is 1. The first kappa shape index (κ1) is 17.5. The van der Waals surface area contributed by atoms with E-state index in [9.17, 15) is 49.1 Å². The SMILES string of the molecule is O=C(O)C(=O)C(F)(OC(F)(F)C(F)(F)F)C(F)(F)F. The molecule has 0 saturated heterocycles. The van der Waals surface area contributed by atoms with Gasteiger partial charge in [0.05, 0.1) is 0 Å². The van der Waals surface area contributed by atoms with E-state index in [0.29, 0.717) is 0 Å².